The van der Waals surface area contributed by atoms with Crippen molar-refractivity contribution in [3.63, 3.8) is 0 Å². The number of fused-ring (bicyclic) bond motifs is 1. The number of pyridine rings is 1. The van der Waals surface area contributed by atoms with Crippen molar-refractivity contribution in [3.8, 4) is 0 Å². The van der Waals surface area contributed by atoms with Crippen LogP contribution < -0.4 is 5.73 Å². The Morgan fingerprint density at radius 3 is 2.71 bits per heavy atom. The zero-order valence-electron chi connectivity index (χ0n) is 8.49. The van der Waals surface area contributed by atoms with Crippen molar-refractivity contribution in [2.75, 3.05) is 5.73 Å². The van der Waals surface area contributed by atoms with Gasteiger partial charge in [-0.1, -0.05) is 19.9 Å². The Hall–Kier alpha value is -1.57. The molecule has 0 amide bonds. The van der Waals surface area contributed by atoms with Gasteiger partial charge >= 0.3 is 0 Å². The third kappa shape index (κ3) is 1.33. The number of benzene rings is 1. The van der Waals surface area contributed by atoms with Gasteiger partial charge in [0.25, 0.3) is 0 Å². The average Bonchev–Trinajstić information content (AvgIpc) is 2.17. The van der Waals surface area contributed by atoms with Crippen LogP contribution in [0.4, 0.5) is 5.69 Å². The summed E-state index contributed by atoms with van der Waals surface area (Å²) in [7, 11) is 0. The smallest absolute Gasteiger partial charge is 0.0706 e. The van der Waals surface area contributed by atoms with Crippen LogP contribution in [0.3, 0.4) is 0 Å². The highest BCUT2D eigenvalue weighted by Crippen LogP contribution is 2.29. The highest BCUT2D eigenvalue weighted by molar-refractivity contribution is 5.87. The lowest BCUT2D eigenvalue weighted by molar-refractivity contribution is 0.879. The van der Waals surface area contributed by atoms with E-state index in [1.807, 2.05) is 24.4 Å². The van der Waals surface area contributed by atoms with E-state index in [4.69, 9.17) is 5.73 Å². The molecule has 0 saturated heterocycles. The van der Waals surface area contributed by atoms with E-state index < -0.39 is 0 Å². The molecule has 1 aromatic carbocycles. The van der Waals surface area contributed by atoms with Crippen molar-refractivity contribution < 1.29 is 0 Å². The SMILES string of the molecule is CC(C)c1c(N)ccc2ncccc12. The van der Waals surface area contributed by atoms with Crippen LogP contribution in [0, 0.1) is 0 Å². The largest absolute Gasteiger partial charge is 0.398 e. The molecule has 14 heavy (non-hydrogen) atoms. The van der Waals surface area contributed by atoms with Crippen molar-refractivity contribution in [1.29, 1.82) is 0 Å². The Balaban J connectivity index is 2.83. The van der Waals surface area contributed by atoms with Crippen LogP contribution in [0.2, 0.25) is 0 Å². The molecule has 1 aromatic heterocycles. The summed E-state index contributed by atoms with van der Waals surface area (Å²) in [5, 5.41) is 1.17. The molecule has 0 radical (unpaired) electrons. The quantitative estimate of drug-likeness (QED) is 0.695. The minimum atomic E-state index is 0.433. The van der Waals surface area contributed by atoms with Gasteiger partial charge in [-0.05, 0) is 29.7 Å². The number of rotatable bonds is 1. The normalized spacial score (nSPS) is 11.1. The first-order chi connectivity index (χ1) is 6.70. The molecular weight excluding hydrogens is 172 g/mol. The minimum absolute atomic E-state index is 0.433. The molecule has 0 aliphatic carbocycles. The molecule has 0 unspecified atom stereocenters. The lowest BCUT2D eigenvalue weighted by Gasteiger charge is -2.12. The molecule has 2 nitrogen and oxygen atoms in total. The van der Waals surface area contributed by atoms with Gasteiger partial charge in [0.1, 0.15) is 0 Å². The summed E-state index contributed by atoms with van der Waals surface area (Å²) in [5.41, 5.74) is 9.04. The second kappa shape index (κ2) is 3.29. The van der Waals surface area contributed by atoms with E-state index in [0.29, 0.717) is 5.92 Å². The third-order valence-electron chi connectivity index (χ3n) is 2.44. The van der Waals surface area contributed by atoms with Crippen LogP contribution in [0.1, 0.15) is 25.3 Å². The van der Waals surface area contributed by atoms with Crippen molar-refractivity contribution >= 4 is 16.6 Å². The molecule has 2 N–H and O–H groups in total. The summed E-state index contributed by atoms with van der Waals surface area (Å²) >= 11 is 0. The predicted molar refractivity (Wildman–Crippen MR) is 60.2 cm³/mol. The highest BCUT2D eigenvalue weighted by Gasteiger charge is 2.08. The first-order valence-electron chi connectivity index (χ1n) is 4.83. The lowest BCUT2D eigenvalue weighted by Crippen LogP contribution is -1.98. The molecular formula is C12H14N2. The number of nitrogens with two attached hydrogens (primary N) is 1. The molecule has 0 fully saturated rings. The highest BCUT2D eigenvalue weighted by atomic mass is 14.7. The molecule has 0 aliphatic heterocycles. The molecule has 0 atom stereocenters. The number of hydrogen-bond acceptors (Lipinski definition) is 2. The maximum absolute atomic E-state index is 5.96. The standard InChI is InChI=1S/C12H14N2/c1-8(2)12-9-4-3-7-14-11(9)6-5-10(12)13/h3-8H,13H2,1-2H3. The van der Waals surface area contributed by atoms with E-state index in [2.05, 4.69) is 24.9 Å². The van der Waals surface area contributed by atoms with Gasteiger partial charge in [0.15, 0.2) is 0 Å². The summed E-state index contributed by atoms with van der Waals surface area (Å²) in [4.78, 5) is 4.31. The average molecular weight is 186 g/mol. The number of nitrogens with zero attached hydrogens (tertiary/aromatic N) is 1. The predicted octanol–water partition coefficient (Wildman–Crippen LogP) is 2.94. The molecule has 2 heteroatoms. The van der Waals surface area contributed by atoms with Gasteiger partial charge in [-0.25, -0.2) is 0 Å². The maximum Gasteiger partial charge on any atom is 0.0706 e. The van der Waals surface area contributed by atoms with Crippen LogP contribution in [-0.2, 0) is 0 Å². The van der Waals surface area contributed by atoms with E-state index in [-0.39, 0.29) is 0 Å². The van der Waals surface area contributed by atoms with Crippen molar-refractivity contribution in [3.05, 3.63) is 36.0 Å². The number of anilines is 1. The summed E-state index contributed by atoms with van der Waals surface area (Å²) < 4.78 is 0. The topological polar surface area (TPSA) is 38.9 Å². The van der Waals surface area contributed by atoms with Gasteiger partial charge in [0.2, 0.25) is 0 Å². The fourth-order valence-electron chi connectivity index (χ4n) is 1.84. The molecule has 72 valence electrons. The van der Waals surface area contributed by atoms with Gasteiger partial charge < -0.3 is 5.73 Å². The maximum atomic E-state index is 5.96. The number of hydrogen-bond donors (Lipinski definition) is 1. The molecule has 0 bridgehead atoms. The minimum Gasteiger partial charge on any atom is -0.398 e. The third-order valence-corrected chi connectivity index (χ3v) is 2.44. The lowest BCUT2D eigenvalue weighted by atomic mass is 9.96. The Morgan fingerprint density at radius 1 is 1.21 bits per heavy atom. The van der Waals surface area contributed by atoms with Crippen LogP contribution >= 0.6 is 0 Å². The molecule has 2 rings (SSSR count). The summed E-state index contributed by atoms with van der Waals surface area (Å²) in [5.74, 6) is 0.433. The van der Waals surface area contributed by atoms with Gasteiger partial charge in [-0.2, -0.15) is 0 Å². The monoisotopic (exact) mass is 186 g/mol. The first-order valence-corrected chi connectivity index (χ1v) is 4.83. The zero-order chi connectivity index (χ0) is 10.1. The van der Waals surface area contributed by atoms with Crippen LogP contribution in [-0.4, -0.2) is 4.98 Å². The fraction of sp³-hybridized carbons (Fsp3) is 0.250. The summed E-state index contributed by atoms with van der Waals surface area (Å²) in [6.07, 6.45) is 1.81. The van der Waals surface area contributed by atoms with E-state index in [0.717, 1.165) is 11.2 Å². The van der Waals surface area contributed by atoms with Crippen molar-refractivity contribution in [2.45, 2.75) is 19.8 Å². The summed E-state index contributed by atoms with van der Waals surface area (Å²) in [6.45, 7) is 4.30. The van der Waals surface area contributed by atoms with E-state index in [9.17, 15) is 0 Å². The second-order valence-corrected chi connectivity index (χ2v) is 3.79. The number of aromatic nitrogens is 1. The Labute approximate surface area is 83.8 Å². The van der Waals surface area contributed by atoms with Gasteiger partial charge in [0.05, 0.1) is 5.52 Å². The van der Waals surface area contributed by atoms with Crippen LogP contribution in [0.5, 0.6) is 0 Å². The van der Waals surface area contributed by atoms with Gasteiger partial charge in [0, 0.05) is 17.3 Å². The van der Waals surface area contributed by atoms with Gasteiger partial charge in [-0.15, -0.1) is 0 Å². The Kier molecular flexibility index (Phi) is 2.12. The van der Waals surface area contributed by atoms with Gasteiger partial charge in [-0.3, -0.25) is 4.98 Å². The molecule has 0 spiro atoms. The van der Waals surface area contributed by atoms with Crippen LogP contribution in [0.15, 0.2) is 30.5 Å². The van der Waals surface area contributed by atoms with E-state index in [1.54, 1.807) is 0 Å². The zero-order valence-corrected chi connectivity index (χ0v) is 8.49. The first kappa shape index (κ1) is 9.00. The van der Waals surface area contributed by atoms with E-state index in [1.165, 1.54) is 10.9 Å². The van der Waals surface area contributed by atoms with Crippen molar-refractivity contribution in [1.82, 2.24) is 4.98 Å². The Bertz CT molecular complexity index is 461. The number of nitrogen functional groups attached to an aromatic ring is 1. The molecule has 2 aromatic rings. The fourth-order valence-corrected chi connectivity index (χ4v) is 1.84. The van der Waals surface area contributed by atoms with Crippen LogP contribution in [0.25, 0.3) is 10.9 Å². The Morgan fingerprint density at radius 2 is 2.00 bits per heavy atom. The molecule has 0 saturated carbocycles. The molecule has 0 aliphatic rings. The second-order valence-electron chi connectivity index (χ2n) is 3.79. The molecule has 1 heterocycles. The van der Waals surface area contributed by atoms with E-state index >= 15 is 0 Å². The summed E-state index contributed by atoms with van der Waals surface area (Å²) in [6, 6.07) is 7.93. The van der Waals surface area contributed by atoms with Crippen molar-refractivity contribution in [2.24, 2.45) is 0 Å².